The fraction of sp³-hybridized carbons (Fsp3) is 0.494. The summed E-state index contributed by atoms with van der Waals surface area (Å²) < 4.78 is 0. The Kier molecular flexibility index (Phi) is 40.5. The predicted molar refractivity (Wildman–Crippen MR) is 437 cm³/mol. The number of aromatic hydroxyl groups is 2. The van der Waals surface area contributed by atoms with E-state index in [1.54, 1.807) is 90.1 Å². The zero-order valence-corrected chi connectivity index (χ0v) is 68.9. The third-order valence-corrected chi connectivity index (χ3v) is 20.3. The lowest BCUT2D eigenvalue weighted by Crippen LogP contribution is -2.63. The van der Waals surface area contributed by atoms with Crippen molar-refractivity contribution < 1.29 is 77.6 Å². The molecule has 0 aliphatic heterocycles. The van der Waals surface area contributed by atoms with E-state index in [2.05, 4.69) is 63.8 Å². The first-order valence-electron chi connectivity index (χ1n) is 37.7. The van der Waals surface area contributed by atoms with Crippen LogP contribution in [-0.2, 0) is 88.0 Å². The summed E-state index contributed by atoms with van der Waals surface area (Å²) in [6, 6.07) is 3.00. The predicted octanol–water partition coefficient (Wildman–Crippen LogP) is 1.22. The molecule has 0 spiro atoms. The van der Waals surface area contributed by atoms with Crippen LogP contribution in [0.5, 0.6) is 11.5 Å². The highest BCUT2D eigenvalue weighted by Gasteiger charge is 2.39. The summed E-state index contributed by atoms with van der Waals surface area (Å²) in [5, 5.41) is 79.5. The van der Waals surface area contributed by atoms with Crippen molar-refractivity contribution in [2.24, 2.45) is 46.4 Å². The Morgan fingerprint density at radius 1 is 0.448 bits per heavy atom. The van der Waals surface area contributed by atoms with Gasteiger partial charge in [0.1, 0.15) is 65.9 Å². The number of carbonyl (C=O) groups is 13. The molecule has 0 aliphatic rings. The molecule has 636 valence electrons. The number of aliphatic hydroxyl groups is 1. The van der Waals surface area contributed by atoms with Crippen LogP contribution in [0.3, 0.4) is 0 Å². The molecule has 4 aromatic rings. The smallest absolute Gasteiger partial charge is 0.249 e. The van der Waals surface area contributed by atoms with Gasteiger partial charge in [-0.25, -0.2) is 0 Å². The Bertz CT molecular complexity index is 4140. The van der Waals surface area contributed by atoms with Gasteiger partial charge in [-0.15, -0.1) is 0 Å². The van der Waals surface area contributed by atoms with Gasteiger partial charge in [-0.1, -0.05) is 137 Å². The van der Waals surface area contributed by atoms with Crippen molar-refractivity contribution in [1.29, 1.82) is 10.8 Å². The first-order valence-corrected chi connectivity index (χ1v) is 39.2. The molecule has 39 heteroatoms. The molecule has 0 fully saturated rings. The van der Waals surface area contributed by atoms with E-state index in [-0.39, 0.29) is 101 Å². The van der Waals surface area contributed by atoms with E-state index in [1.165, 1.54) is 31.2 Å². The summed E-state index contributed by atoms with van der Waals surface area (Å²) >= 11 is 25.6. The molecule has 4 aromatic carbocycles. The van der Waals surface area contributed by atoms with Crippen LogP contribution in [-0.4, -0.2) is 184 Å². The lowest BCUT2D eigenvalue weighted by Gasteiger charge is -2.31. The number of hydrogen-bond donors (Lipinski definition) is 22. The maximum Gasteiger partial charge on any atom is 0.249 e. The molecular weight excluding hydrogens is 1590 g/mol. The van der Waals surface area contributed by atoms with E-state index in [0.29, 0.717) is 53.5 Å². The third kappa shape index (κ3) is 32.6. The molecule has 13 amide bonds. The number of rotatable bonds is 47. The number of hydrogen-bond acceptors (Lipinski definition) is 19. The summed E-state index contributed by atoms with van der Waals surface area (Å²) in [6.07, 6.45) is -3.91. The molecule has 27 N–H and O–H groups in total. The number of phenolic OH excluding ortho intramolecular Hbond substituents is 2. The number of guanidine groups is 2. The largest absolute Gasteiger partial charge is 0.508 e. The van der Waals surface area contributed by atoms with Crippen LogP contribution >= 0.6 is 46.4 Å². The molecule has 4 rings (SSSR count). The van der Waals surface area contributed by atoms with Gasteiger partial charge in [-0.2, -0.15) is 0 Å². The zero-order valence-electron chi connectivity index (χ0n) is 65.9. The second kappa shape index (κ2) is 48.1. The fourth-order valence-corrected chi connectivity index (χ4v) is 13.2. The molecule has 0 saturated carbocycles. The maximum absolute atomic E-state index is 14.6. The van der Waals surface area contributed by atoms with Crippen molar-refractivity contribution in [3.8, 4) is 11.5 Å². The second-order valence-electron chi connectivity index (χ2n) is 28.8. The summed E-state index contributed by atoms with van der Waals surface area (Å²) in [4.78, 5) is 181. The highest BCUT2D eigenvalue weighted by atomic mass is 35.5. The standard InChI is InChI=1S/C77H109Cl4N19O16/c1-9-38(5)63(97-72(113)57(91-41(8)102)33-43-22-25-60(104)45(31-43)35-47-50(80)17-12-18-51(47)81)73(114)96-58(36-62(84)106)70(111)95-56(29-37(3)4)71(112)98-64(39(6)10-2)74(115)99-65(40(7)101)75(116)94-53(19-13-27-89-76(85)86)67(108)93-55(23-26-61(83)105)68(109)92-54(20-14-28-90-77(87)88)69(110)100-66(107)52(82)32-42-21-24-59(103)44(30-42)34-46-48(78)15-11-16-49(46)79/h11-12,15-18,21-22,24-25,30-31,37-40,52-58,63-65,101,103-104H,9-10,13-14,19-20,23,26-29,32-36,82H2,1-8H3,(H2,83,105)(H2,84,106)(H,91,102)(H,92,109)(H,93,108)(H,94,116)(H,95,111)(H,96,114)(H,97,113)(H,98,112)(H,99,115)(H4,85,86,89)(H4,87,88,90)(H,100,107,110)/t38-,39-,40-,52-,53-,54-,55-,56-,57-,58-,63-,64-,65+/m0/s1. The average Bonchev–Trinajstić information content (AvgIpc) is 0.832. The van der Waals surface area contributed by atoms with Crippen molar-refractivity contribution in [2.75, 3.05) is 13.1 Å². The molecule has 0 aromatic heterocycles. The number of nitrogens with two attached hydrogens (primary N) is 5. The minimum absolute atomic E-state index is 0.00457. The van der Waals surface area contributed by atoms with E-state index < -0.39 is 186 Å². The number of primary amides is 2. The van der Waals surface area contributed by atoms with Crippen molar-refractivity contribution in [3.63, 3.8) is 0 Å². The Hall–Kier alpha value is -10.6. The topological polar surface area (TPSA) is 605 Å². The number of carbonyl (C=O) groups excluding carboxylic acids is 13. The van der Waals surface area contributed by atoms with E-state index in [9.17, 15) is 77.6 Å². The van der Waals surface area contributed by atoms with Gasteiger partial charge in [0.2, 0.25) is 76.8 Å². The van der Waals surface area contributed by atoms with Gasteiger partial charge < -0.3 is 102 Å². The molecule has 35 nitrogen and oxygen atoms in total. The van der Waals surface area contributed by atoms with Crippen LogP contribution in [0.25, 0.3) is 0 Å². The molecule has 0 unspecified atom stereocenters. The monoisotopic (exact) mass is 1700 g/mol. The lowest BCUT2D eigenvalue weighted by molar-refractivity contribution is -0.138. The molecule has 0 heterocycles. The summed E-state index contributed by atoms with van der Waals surface area (Å²) in [6.45, 7) is 12.2. The molecule has 0 aliphatic carbocycles. The molecule has 0 saturated heterocycles. The highest BCUT2D eigenvalue weighted by molar-refractivity contribution is 6.36. The Morgan fingerprint density at radius 3 is 1.25 bits per heavy atom. The van der Waals surface area contributed by atoms with Crippen molar-refractivity contribution >= 4 is 135 Å². The van der Waals surface area contributed by atoms with Crippen LogP contribution in [0, 0.1) is 28.6 Å². The zero-order chi connectivity index (χ0) is 87.0. The van der Waals surface area contributed by atoms with Crippen molar-refractivity contribution in [1.82, 2.24) is 63.8 Å². The van der Waals surface area contributed by atoms with Crippen LogP contribution in [0.4, 0.5) is 0 Å². The highest BCUT2D eigenvalue weighted by Crippen LogP contribution is 2.33. The number of benzene rings is 4. The third-order valence-electron chi connectivity index (χ3n) is 18.9. The average molecular weight is 1700 g/mol. The quantitative estimate of drug-likeness (QED) is 0.0168. The van der Waals surface area contributed by atoms with Gasteiger partial charge in [0, 0.05) is 65.8 Å². The summed E-state index contributed by atoms with van der Waals surface area (Å²) in [7, 11) is 0. The molecule has 0 bridgehead atoms. The summed E-state index contributed by atoms with van der Waals surface area (Å²) in [5.41, 5.74) is 31.2. The second-order valence-corrected chi connectivity index (χ2v) is 30.5. The van der Waals surface area contributed by atoms with Crippen LogP contribution in [0.1, 0.15) is 153 Å². The Balaban J connectivity index is 1.57. The number of nitrogens with one attached hydrogen (secondary N) is 14. The number of amides is 13. The van der Waals surface area contributed by atoms with Crippen LogP contribution < -0.4 is 92.5 Å². The number of phenols is 2. The minimum atomic E-state index is -1.92. The van der Waals surface area contributed by atoms with Crippen LogP contribution in [0.15, 0.2) is 72.8 Å². The molecule has 0 radical (unpaired) electrons. The SMILES string of the molecule is CC[C@H](C)[C@H](NC(=O)[C@H](Cc1ccc(O)c(Cc2c(Cl)cccc2Cl)c1)NC(C)=O)C(=O)N[C@@H](CC(N)=O)C(=O)N[C@@H](CC(C)C)C(=O)N[C@H](C(=O)N[C@@H](C(=O)N[C@@H](CCCNC(=N)N)C(=O)N[C@@H](CCC(N)=O)C(=O)N[C@@H](CCCNC(=N)N)C(=O)NC(=O)[C@@H](N)Cc1ccc(O)c(Cc2c(Cl)cccc2Cl)c1)[C@H](C)O)[C@@H](C)CC. The molecule has 13 atom stereocenters. The normalized spacial score (nSPS) is 14.5. The van der Waals surface area contributed by atoms with Crippen molar-refractivity contribution in [2.45, 2.75) is 212 Å². The number of aliphatic hydroxyl groups excluding tert-OH is 1. The lowest BCUT2D eigenvalue weighted by atomic mass is 9.95. The van der Waals surface area contributed by atoms with Crippen LogP contribution in [0.2, 0.25) is 20.1 Å². The van der Waals surface area contributed by atoms with Crippen molar-refractivity contribution in [3.05, 3.63) is 126 Å². The summed E-state index contributed by atoms with van der Waals surface area (Å²) in [5.74, 6) is -15.8. The number of halogens is 4. The van der Waals surface area contributed by atoms with Gasteiger partial charge in [0.15, 0.2) is 11.9 Å². The first-order chi connectivity index (χ1) is 54.5. The maximum atomic E-state index is 14.6. The fourth-order valence-electron chi connectivity index (χ4n) is 12.1. The van der Waals surface area contributed by atoms with E-state index in [0.717, 1.165) is 6.92 Å². The van der Waals surface area contributed by atoms with Gasteiger partial charge in [0.25, 0.3) is 0 Å². The van der Waals surface area contributed by atoms with E-state index in [4.69, 9.17) is 85.9 Å². The van der Waals surface area contributed by atoms with Gasteiger partial charge in [-0.05, 0) is 139 Å². The van der Waals surface area contributed by atoms with Gasteiger partial charge in [-0.3, -0.25) is 78.5 Å². The molecular formula is C77H109Cl4N19O16. The van der Waals surface area contributed by atoms with Gasteiger partial charge in [0.05, 0.1) is 18.6 Å². The molecule has 116 heavy (non-hydrogen) atoms. The Morgan fingerprint density at radius 2 is 0.828 bits per heavy atom. The first kappa shape index (κ1) is 97.8. The Labute approximate surface area is 692 Å². The number of imide groups is 1. The van der Waals surface area contributed by atoms with E-state index in [1.807, 2.05) is 0 Å². The minimum Gasteiger partial charge on any atom is -0.508 e. The van der Waals surface area contributed by atoms with E-state index >= 15 is 0 Å². The van der Waals surface area contributed by atoms with Gasteiger partial charge >= 0.3 is 0 Å².